The molecule has 1 N–H and O–H groups in total. The number of ether oxygens (including phenoxy) is 2. The minimum Gasteiger partial charge on any atom is -0.486 e. The Balaban J connectivity index is 1.77. The van der Waals surface area contributed by atoms with Gasteiger partial charge in [-0.1, -0.05) is 29.3 Å². The summed E-state index contributed by atoms with van der Waals surface area (Å²) >= 11 is 12.7. The number of benzene rings is 2. The highest BCUT2D eigenvalue weighted by Gasteiger charge is 2.28. The summed E-state index contributed by atoms with van der Waals surface area (Å²) in [6.07, 6.45) is 1.32. The number of carbonyl (C=O) groups excluding carboxylic acids is 2. The number of carbonyl (C=O) groups is 2. The van der Waals surface area contributed by atoms with Crippen LogP contribution in [0.25, 0.3) is 0 Å². The Labute approximate surface area is 234 Å². The number of nitrogens with one attached hydrogen (secondary N) is 1. The van der Waals surface area contributed by atoms with Gasteiger partial charge in [0.15, 0.2) is 11.5 Å². The van der Waals surface area contributed by atoms with Crippen LogP contribution in [0.15, 0.2) is 36.4 Å². The van der Waals surface area contributed by atoms with Gasteiger partial charge in [-0.15, -0.1) is 0 Å². The van der Waals surface area contributed by atoms with Crippen LogP contribution in [-0.2, 0) is 26.2 Å². The summed E-state index contributed by atoms with van der Waals surface area (Å²) in [5, 5.41) is 3.59. The number of hydrogen-bond donors (Lipinski definition) is 1. The molecular formula is C26H33Cl2N3O6S. The number of nitrogens with zero attached hydrogens (tertiary/aromatic N) is 2. The normalized spacial score (nSPS) is 13.7. The molecule has 2 amide bonds. The average Bonchev–Trinajstić information content (AvgIpc) is 2.84. The van der Waals surface area contributed by atoms with Gasteiger partial charge in [-0.3, -0.25) is 13.9 Å². The number of halogens is 2. The van der Waals surface area contributed by atoms with Gasteiger partial charge in [0.2, 0.25) is 21.8 Å². The first-order chi connectivity index (χ1) is 17.9. The zero-order chi connectivity index (χ0) is 28.0. The van der Waals surface area contributed by atoms with Crippen LogP contribution in [0.5, 0.6) is 11.5 Å². The van der Waals surface area contributed by atoms with E-state index in [-0.39, 0.29) is 43.8 Å². The summed E-state index contributed by atoms with van der Waals surface area (Å²) in [6, 6.07) is 9.04. The Bertz CT molecular complexity index is 1250. The molecule has 0 unspecified atom stereocenters. The quantitative estimate of drug-likeness (QED) is 0.422. The molecular weight excluding hydrogens is 553 g/mol. The average molecular weight is 587 g/mol. The Hall–Kier alpha value is -2.69. The molecule has 1 aliphatic heterocycles. The fourth-order valence-corrected chi connectivity index (χ4v) is 5.51. The van der Waals surface area contributed by atoms with Crippen molar-refractivity contribution in [2.24, 2.45) is 0 Å². The van der Waals surface area contributed by atoms with Gasteiger partial charge in [-0.05, 0) is 51.5 Å². The fraction of sp³-hybridized carbons (Fsp3) is 0.462. The van der Waals surface area contributed by atoms with Crippen LogP contribution in [0.2, 0.25) is 10.0 Å². The van der Waals surface area contributed by atoms with Crippen molar-refractivity contribution in [3.05, 3.63) is 52.0 Å². The van der Waals surface area contributed by atoms with E-state index in [1.807, 2.05) is 13.8 Å². The molecule has 12 heteroatoms. The van der Waals surface area contributed by atoms with E-state index in [0.29, 0.717) is 46.0 Å². The maximum Gasteiger partial charge on any atom is 0.242 e. The Morgan fingerprint density at radius 2 is 1.66 bits per heavy atom. The van der Waals surface area contributed by atoms with Crippen molar-refractivity contribution in [3.63, 3.8) is 0 Å². The first-order valence-corrected chi connectivity index (χ1v) is 14.9. The third kappa shape index (κ3) is 7.68. The van der Waals surface area contributed by atoms with Gasteiger partial charge in [0.1, 0.15) is 19.3 Å². The van der Waals surface area contributed by atoms with Crippen LogP contribution in [0.1, 0.15) is 39.2 Å². The van der Waals surface area contributed by atoms with Crippen molar-refractivity contribution >= 4 is 50.7 Å². The molecule has 9 nitrogen and oxygen atoms in total. The number of rotatable bonds is 11. The van der Waals surface area contributed by atoms with Gasteiger partial charge in [0.25, 0.3) is 0 Å². The maximum atomic E-state index is 13.4. The fourth-order valence-electron chi connectivity index (χ4n) is 4.03. The first-order valence-electron chi connectivity index (χ1n) is 12.3. The second-order valence-corrected chi connectivity index (χ2v) is 12.0. The van der Waals surface area contributed by atoms with Gasteiger partial charge >= 0.3 is 0 Å². The molecule has 2 aromatic rings. The Kier molecular flexibility index (Phi) is 10.1. The topological polar surface area (TPSA) is 105 Å². The van der Waals surface area contributed by atoms with Crippen molar-refractivity contribution in [3.8, 4) is 11.5 Å². The zero-order valence-electron chi connectivity index (χ0n) is 21.9. The van der Waals surface area contributed by atoms with E-state index in [9.17, 15) is 18.0 Å². The summed E-state index contributed by atoms with van der Waals surface area (Å²) in [6.45, 7) is 6.18. The molecule has 0 aromatic heterocycles. The van der Waals surface area contributed by atoms with Crippen molar-refractivity contribution in [2.45, 2.75) is 52.2 Å². The summed E-state index contributed by atoms with van der Waals surface area (Å²) in [7, 11) is -3.65. The lowest BCUT2D eigenvalue weighted by atomic mass is 10.1. The molecule has 0 saturated carbocycles. The smallest absolute Gasteiger partial charge is 0.242 e. The highest BCUT2D eigenvalue weighted by Crippen LogP contribution is 2.35. The predicted molar refractivity (Wildman–Crippen MR) is 149 cm³/mol. The Morgan fingerprint density at radius 1 is 1.03 bits per heavy atom. The van der Waals surface area contributed by atoms with Crippen LogP contribution in [0.3, 0.4) is 0 Å². The highest BCUT2D eigenvalue weighted by atomic mass is 35.5. The predicted octanol–water partition coefficient (Wildman–Crippen LogP) is 4.25. The molecule has 0 aliphatic carbocycles. The molecule has 208 valence electrons. The molecule has 0 spiro atoms. The lowest BCUT2D eigenvalue weighted by Crippen LogP contribution is -2.49. The number of hydrogen-bond acceptors (Lipinski definition) is 6. The highest BCUT2D eigenvalue weighted by molar-refractivity contribution is 7.92. The van der Waals surface area contributed by atoms with E-state index in [0.717, 1.165) is 6.26 Å². The zero-order valence-corrected chi connectivity index (χ0v) is 24.2. The monoisotopic (exact) mass is 585 g/mol. The van der Waals surface area contributed by atoms with Crippen LogP contribution in [-0.4, -0.2) is 63.2 Å². The van der Waals surface area contributed by atoms with E-state index in [1.165, 1.54) is 9.21 Å². The molecule has 2 aromatic carbocycles. The summed E-state index contributed by atoms with van der Waals surface area (Å²) < 4.78 is 37.5. The van der Waals surface area contributed by atoms with E-state index in [2.05, 4.69) is 5.32 Å². The lowest BCUT2D eigenvalue weighted by molar-refractivity contribution is -0.140. The van der Waals surface area contributed by atoms with E-state index < -0.39 is 16.1 Å². The molecule has 1 atom stereocenters. The van der Waals surface area contributed by atoms with E-state index in [1.54, 1.807) is 43.3 Å². The summed E-state index contributed by atoms with van der Waals surface area (Å²) in [5.74, 6) is 0.367. The minimum absolute atomic E-state index is 0.00204. The largest absolute Gasteiger partial charge is 0.486 e. The molecule has 1 heterocycles. The van der Waals surface area contributed by atoms with Gasteiger partial charge in [0.05, 0.1) is 11.9 Å². The standard InChI is InChI=1S/C26H33Cl2N3O6S/c1-17(2)29-26(33)18(3)30(16-20-21(27)7-5-8-22(20)28)25(32)9-6-12-31(38(4,34)35)19-10-11-23-24(15-19)37-14-13-36-23/h5,7-8,10-11,15,17-18H,6,9,12-14,16H2,1-4H3,(H,29,33)/t18-/m1/s1. The molecule has 0 radical (unpaired) electrons. The maximum absolute atomic E-state index is 13.4. The third-order valence-electron chi connectivity index (χ3n) is 5.95. The SMILES string of the molecule is CC(C)NC(=O)[C@@H](C)N(Cc1c(Cl)cccc1Cl)C(=O)CCCN(c1ccc2c(c1)OCCO2)S(C)(=O)=O. The third-order valence-corrected chi connectivity index (χ3v) is 7.86. The molecule has 1 aliphatic rings. The van der Waals surface area contributed by atoms with Gasteiger partial charge in [0, 0.05) is 47.2 Å². The number of anilines is 1. The van der Waals surface area contributed by atoms with Gasteiger partial charge in [-0.2, -0.15) is 0 Å². The van der Waals surface area contributed by atoms with Crippen LogP contribution in [0.4, 0.5) is 5.69 Å². The first kappa shape index (κ1) is 29.9. The lowest BCUT2D eigenvalue weighted by Gasteiger charge is -2.30. The van der Waals surface area contributed by atoms with Crippen LogP contribution in [0, 0.1) is 0 Å². The van der Waals surface area contributed by atoms with E-state index >= 15 is 0 Å². The molecule has 38 heavy (non-hydrogen) atoms. The number of fused-ring (bicyclic) bond motifs is 1. The minimum atomic E-state index is -3.65. The van der Waals surface area contributed by atoms with Gasteiger partial charge < -0.3 is 19.7 Å². The molecule has 0 saturated heterocycles. The van der Waals surface area contributed by atoms with E-state index in [4.69, 9.17) is 32.7 Å². The van der Waals surface area contributed by atoms with Crippen molar-refractivity contribution in [1.82, 2.24) is 10.2 Å². The molecule has 0 bridgehead atoms. The molecule has 3 rings (SSSR count). The van der Waals surface area contributed by atoms with Crippen molar-refractivity contribution < 1.29 is 27.5 Å². The Morgan fingerprint density at radius 3 is 2.26 bits per heavy atom. The second kappa shape index (κ2) is 12.9. The van der Waals surface area contributed by atoms with Gasteiger partial charge in [-0.25, -0.2) is 8.42 Å². The van der Waals surface area contributed by atoms with Crippen molar-refractivity contribution in [1.29, 1.82) is 0 Å². The van der Waals surface area contributed by atoms with Crippen molar-refractivity contribution in [2.75, 3.05) is 30.3 Å². The number of sulfonamides is 1. The second-order valence-electron chi connectivity index (χ2n) is 9.33. The number of amides is 2. The summed E-state index contributed by atoms with van der Waals surface area (Å²) in [5.41, 5.74) is 0.941. The molecule has 0 fully saturated rings. The summed E-state index contributed by atoms with van der Waals surface area (Å²) in [4.78, 5) is 27.6. The van der Waals surface area contributed by atoms with Crippen LogP contribution < -0.4 is 19.1 Å². The van der Waals surface area contributed by atoms with Crippen LogP contribution >= 0.6 is 23.2 Å².